The van der Waals surface area contributed by atoms with Crippen LogP contribution in [-0.4, -0.2) is 29.3 Å². The van der Waals surface area contributed by atoms with E-state index in [0.29, 0.717) is 6.10 Å². The standard InChI is InChI=1S/C13H23N3O/c1-11-15-10-12(9-14-2)16(11)7-3-5-13-6-4-8-17-13/h10,13-14H,3-9H2,1-2H3. The number of nitrogens with one attached hydrogen (secondary N) is 1. The summed E-state index contributed by atoms with van der Waals surface area (Å²) in [5, 5.41) is 3.18. The maximum Gasteiger partial charge on any atom is 0.105 e. The minimum atomic E-state index is 0.506. The van der Waals surface area contributed by atoms with E-state index in [4.69, 9.17) is 4.74 Å². The molecule has 1 aliphatic heterocycles. The lowest BCUT2D eigenvalue weighted by Gasteiger charge is -2.12. The number of hydrogen-bond donors (Lipinski definition) is 1. The fourth-order valence-electron chi connectivity index (χ4n) is 2.49. The van der Waals surface area contributed by atoms with E-state index in [9.17, 15) is 0 Å². The number of hydrogen-bond acceptors (Lipinski definition) is 3. The molecule has 1 saturated heterocycles. The van der Waals surface area contributed by atoms with Crippen molar-refractivity contribution in [3.8, 4) is 0 Å². The lowest BCUT2D eigenvalue weighted by molar-refractivity contribution is 0.101. The van der Waals surface area contributed by atoms with Crippen molar-refractivity contribution in [1.82, 2.24) is 14.9 Å². The predicted octanol–water partition coefficient (Wildman–Crippen LogP) is 1.87. The molecule has 1 unspecified atom stereocenters. The monoisotopic (exact) mass is 237 g/mol. The van der Waals surface area contributed by atoms with Crippen LogP contribution in [0.2, 0.25) is 0 Å². The number of nitrogens with zero attached hydrogens (tertiary/aromatic N) is 2. The van der Waals surface area contributed by atoms with Crippen molar-refractivity contribution in [3.63, 3.8) is 0 Å². The highest BCUT2D eigenvalue weighted by molar-refractivity contribution is 5.04. The Labute approximate surface area is 103 Å². The van der Waals surface area contributed by atoms with Crippen LogP contribution in [0.4, 0.5) is 0 Å². The van der Waals surface area contributed by atoms with Crippen molar-refractivity contribution in [1.29, 1.82) is 0 Å². The molecule has 0 saturated carbocycles. The van der Waals surface area contributed by atoms with Gasteiger partial charge in [-0.1, -0.05) is 0 Å². The minimum Gasteiger partial charge on any atom is -0.378 e. The highest BCUT2D eigenvalue weighted by Crippen LogP contribution is 2.17. The molecule has 0 bridgehead atoms. The smallest absolute Gasteiger partial charge is 0.105 e. The van der Waals surface area contributed by atoms with E-state index in [1.54, 1.807) is 0 Å². The molecule has 1 aromatic rings. The Bertz CT molecular complexity index is 342. The highest BCUT2D eigenvalue weighted by Gasteiger charge is 2.15. The van der Waals surface area contributed by atoms with Gasteiger partial charge in [-0.3, -0.25) is 0 Å². The Hall–Kier alpha value is -0.870. The molecule has 0 amide bonds. The molecule has 0 aliphatic carbocycles. The van der Waals surface area contributed by atoms with Crippen molar-refractivity contribution in [2.75, 3.05) is 13.7 Å². The summed E-state index contributed by atoms with van der Waals surface area (Å²) in [5.74, 6) is 1.11. The number of ether oxygens (including phenoxy) is 1. The van der Waals surface area contributed by atoms with Crippen molar-refractivity contribution in [2.24, 2.45) is 0 Å². The Morgan fingerprint density at radius 1 is 1.59 bits per heavy atom. The van der Waals surface area contributed by atoms with Crippen molar-refractivity contribution >= 4 is 0 Å². The van der Waals surface area contributed by atoms with Gasteiger partial charge in [-0.2, -0.15) is 0 Å². The van der Waals surface area contributed by atoms with Gasteiger partial charge in [0, 0.05) is 25.9 Å². The van der Waals surface area contributed by atoms with Crippen LogP contribution < -0.4 is 5.32 Å². The van der Waals surface area contributed by atoms with Crippen LogP contribution in [0.5, 0.6) is 0 Å². The molecule has 2 heterocycles. The Kier molecular flexibility index (Phi) is 4.57. The molecule has 0 aromatic carbocycles. The summed E-state index contributed by atoms with van der Waals surface area (Å²) >= 11 is 0. The van der Waals surface area contributed by atoms with E-state index < -0.39 is 0 Å². The molecule has 1 aromatic heterocycles. The Morgan fingerprint density at radius 3 is 3.18 bits per heavy atom. The first kappa shape index (κ1) is 12.6. The third-order valence-corrected chi connectivity index (χ3v) is 3.43. The Balaban J connectivity index is 1.82. The average molecular weight is 237 g/mol. The van der Waals surface area contributed by atoms with Gasteiger partial charge in [0.05, 0.1) is 11.8 Å². The first-order chi connectivity index (χ1) is 8.31. The van der Waals surface area contributed by atoms with Gasteiger partial charge in [-0.05, 0) is 39.7 Å². The minimum absolute atomic E-state index is 0.506. The molecule has 4 nitrogen and oxygen atoms in total. The second-order valence-electron chi connectivity index (χ2n) is 4.76. The van der Waals surface area contributed by atoms with E-state index in [1.807, 2.05) is 13.2 Å². The van der Waals surface area contributed by atoms with E-state index in [-0.39, 0.29) is 0 Å². The van der Waals surface area contributed by atoms with E-state index in [1.165, 1.54) is 31.4 Å². The molecular formula is C13H23N3O. The molecule has 2 rings (SSSR count). The Morgan fingerprint density at radius 2 is 2.47 bits per heavy atom. The van der Waals surface area contributed by atoms with Crippen LogP contribution in [0.15, 0.2) is 6.20 Å². The lowest BCUT2D eigenvalue weighted by atomic mass is 10.1. The topological polar surface area (TPSA) is 39.1 Å². The first-order valence-corrected chi connectivity index (χ1v) is 6.58. The third-order valence-electron chi connectivity index (χ3n) is 3.43. The molecule has 0 radical (unpaired) electrons. The maximum atomic E-state index is 5.64. The number of aryl methyl sites for hydroxylation is 1. The maximum absolute atomic E-state index is 5.64. The summed E-state index contributed by atoms with van der Waals surface area (Å²) < 4.78 is 7.95. The normalized spacial score (nSPS) is 20.0. The van der Waals surface area contributed by atoms with Gasteiger partial charge in [0.15, 0.2) is 0 Å². The molecule has 1 atom stereocenters. The molecule has 96 valence electrons. The van der Waals surface area contributed by atoms with Crippen LogP contribution in [0, 0.1) is 6.92 Å². The van der Waals surface area contributed by atoms with Crippen LogP contribution in [0.1, 0.15) is 37.2 Å². The number of aromatic nitrogens is 2. The van der Waals surface area contributed by atoms with Crippen molar-refractivity contribution in [2.45, 2.75) is 51.8 Å². The van der Waals surface area contributed by atoms with Crippen molar-refractivity contribution < 1.29 is 4.74 Å². The van der Waals surface area contributed by atoms with Crippen LogP contribution >= 0.6 is 0 Å². The summed E-state index contributed by atoms with van der Waals surface area (Å²) in [6.07, 6.45) is 7.31. The first-order valence-electron chi connectivity index (χ1n) is 6.58. The fourth-order valence-corrected chi connectivity index (χ4v) is 2.49. The third kappa shape index (κ3) is 3.30. The molecule has 4 heteroatoms. The zero-order valence-electron chi connectivity index (χ0n) is 10.9. The largest absolute Gasteiger partial charge is 0.378 e. The number of rotatable bonds is 6. The SMILES string of the molecule is CNCc1cnc(C)n1CCCC1CCCO1. The second kappa shape index (κ2) is 6.17. The van der Waals surface area contributed by atoms with Gasteiger partial charge in [-0.15, -0.1) is 0 Å². The molecule has 0 spiro atoms. The molecule has 1 aliphatic rings. The van der Waals surface area contributed by atoms with Gasteiger partial charge in [0.25, 0.3) is 0 Å². The summed E-state index contributed by atoms with van der Waals surface area (Å²) in [7, 11) is 1.97. The quantitative estimate of drug-likeness (QED) is 0.821. The second-order valence-corrected chi connectivity index (χ2v) is 4.76. The average Bonchev–Trinajstić information content (AvgIpc) is 2.93. The van der Waals surface area contributed by atoms with Crippen LogP contribution in [0.25, 0.3) is 0 Å². The fraction of sp³-hybridized carbons (Fsp3) is 0.769. The predicted molar refractivity (Wildman–Crippen MR) is 67.9 cm³/mol. The summed E-state index contributed by atoms with van der Waals surface area (Å²) in [6, 6.07) is 0. The van der Waals surface area contributed by atoms with Gasteiger partial charge in [0.2, 0.25) is 0 Å². The van der Waals surface area contributed by atoms with E-state index >= 15 is 0 Å². The molecule has 1 N–H and O–H groups in total. The van der Waals surface area contributed by atoms with Crippen molar-refractivity contribution in [3.05, 3.63) is 17.7 Å². The van der Waals surface area contributed by atoms with Crippen LogP contribution in [0.3, 0.4) is 0 Å². The van der Waals surface area contributed by atoms with Gasteiger partial charge >= 0.3 is 0 Å². The van der Waals surface area contributed by atoms with E-state index in [0.717, 1.165) is 25.5 Å². The zero-order chi connectivity index (χ0) is 12.1. The summed E-state index contributed by atoms with van der Waals surface area (Å²) in [5.41, 5.74) is 1.28. The zero-order valence-corrected chi connectivity index (χ0v) is 10.9. The van der Waals surface area contributed by atoms with Gasteiger partial charge in [-0.25, -0.2) is 4.98 Å². The van der Waals surface area contributed by atoms with Gasteiger partial charge in [0.1, 0.15) is 5.82 Å². The summed E-state index contributed by atoms with van der Waals surface area (Å²) in [4.78, 5) is 4.38. The van der Waals surface area contributed by atoms with E-state index in [2.05, 4.69) is 21.8 Å². The molecular weight excluding hydrogens is 214 g/mol. The van der Waals surface area contributed by atoms with Crippen LogP contribution in [-0.2, 0) is 17.8 Å². The summed E-state index contributed by atoms with van der Waals surface area (Å²) in [6.45, 7) is 4.98. The highest BCUT2D eigenvalue weighted by atomic mass is 16.5. The van der Waals surface area contributed by atoms with Gasteiger partial charge < -0.3 is 14.6 Å². The molecule has 1 fully saturated rings. The molecule has 17 heavy (non-hydrogen) atoms. The lowest BCUT2D eigenvalue weighted by Crippen LogP contribution is -2.13. The number of imidazole rings is 1.